The number of hydrogen-bond donors (Lipinski definition) is 4. The molecule has 7 nitrogen and oxygen atoms in total. The molecular weight excluding hydrogens is 330 g/mol. The topological polar surface area (TPSA) is 121 Å². The number of nitrogens with two attached hydrogens (primary N) is 1. The van der Waals surface area contributed by atoms with Crippen LogP contribution in [0.2, 0.25) is 0 Å². The molecule has 0 unspecified atom stereocenters. The lowest BCUT2D eigenvalue weighted by Crippen LogP contribution is -1.92. The third kappa shape index (κ3) is 2.82. The van der Waals surface area contributed by atoms with Gasteiger partial charge in [0, 0.05) is 35.3 Å². The first kappa shape index (κ1) is 15.6. The van der Waals surface area contributed by atoms with Crippen LogP contribution < -0.4 is 5.73 Å². The Labute approximate surface area is 148 Å². The van der Waals surface area contributed by atoms with Crippen LogP contribution in [0.1, 0.15) is 0 Å². The number of pyridine rings is 2. The zero-order chi connectivity index (χ0) is 18.1. The van der Waals surface area contributed by atoms with E-state index in [0.717, 1.165) is 16.8 Å². The number of phenolic OH excluding ortho intramolecular Hbond substituents is 1. The molecule has 0 spiro atoms. The van der Waals surface area contributed by atoms with Crippen LogP contribution in [0.15, 0.2) is 61.1 Å². The molecule has 0 atom stereocenters. The van der Waals surface area contributed by atoms with Crippen molar-refractivity contribution < 1.29 is 10.2 Å². The fourth-order valence-corrected chi connectivity index (χ4v) is 2.66. The summed E-state index contributed by atoms with van der Waals surface area (Å²) < 4.78 is 0. The number of hydrogen-bond acceptors (Lipinski definition) is 6. The summed E-state index contributed by atoms with van der Waals surface area (Å²) in [7, 11) is 0. The van der Waals surface area contributed by atoms with Gasteiger partial charge in [-0.3, -0.25) is 4.98 Å². The second kappa shape index (κ2) is 6.21. The van der Waals surface area contributed by atoms with Gasteiger partial charge in [-0.05, 0) is 42.5 Å². The predicted octanol–water partition coefficient (Wildman–Crippen LogP) is 3.19. The Bertz CT molecular complexity index is 1060. The number of imidazole rings is 1. The van der Waals surface area contributed by atoms with E-state index in [4.69, 9.17) is 5.73 Å². The first-order chi connectivity index (χ1) is 12.6. The Morgan fingerprint density at radius 3 is 2.31 bits per heavy atom. The van der Waals surface area contributed by atoms with E-state index in [9.17, 15) is 10.2 Å². The van der Waals surface area contributed by atoms with Gasteiger partial charge in [0.2, 0.25) is 0 Å². The molecule has 0 amide bonds. The van der Waals surface area contributed by atoms with Crippen molar-refractivity contribution in [3.8, 4) is 45.4 Å². The molecule has 3 aromatic heterocycles. The Morgan fingerprint density at radius 1 is 0.885 bits per heavy atom. The fourth-order valence-electron chi connectivity index (χ4n) is 2.66. The molecule has 4 aromatic rings. The van der Waals surface area contributed by atoms with Crippen LogP contribution in [-0.4, -0.2) is 30.1 Å². The molecule has 0 fully saturated rings. The van der Waals surface area contributed by atoms with Crippen LogP contribution in [0.4, 0.5) is 5.82 Å². The molecule has 1 aromatic carbocycles. The Kier molecular flexibility index (Phi) is 3.74. The van der Waals surface area contributed by atoms with Gasteiger partial charge >= 0.3 is 0 Å². The maximum atomic E-state index is 9.91. The highest BCUT2D eigenvalue weighted by molar-refractivity contribution is 5.81. The lowest BCUT2D eigenvalue weighted by Gasteiger charge is -2.04. The van der Waals surface area contributed by atoms with Crippen LogP contribution in [0.5, 0.6) is 11.5 Å². The van der Waals surface area contributed by atoms with Crippen LogP contribution in [0.25, 0.3) is 33.9 Å². The highest BCUT2D eigenvalue weighted by atomic mass is 16.3. The number of aromatic hydroxyl groups is 2. The second-order valence-electron chi connectivity index (χ2n) is 5.72. The van der Waals surface area contributed by atoms with Crippen LogP contribution in [-0.2, 0) is 0 Å². The number of aromatic amines is 1. The monoisotopic (exact) mass is 345 g/mol. The number of anilines is 1. The minimum Gasteiger partial charge on any atom is -0.508 e. The molecule has 0 saturated carbocycles. The van der Waals surface area contributed by atoms with Crippen molar-refractivity contribution in [2.24, 2.45) is 0 Å². The number of nitrogen functional groups attached to an aromatic ring is 1. The number of nitrogens with one attached hydrogen (secondary N) is 1. The summed E-state index contributed by atoms with van der Waals surface area (Å²) in [6.45, 7) is 0. The van der Waals surface area contributed by atoms with Crippen molar-refractivity contribution in [1.82, 2.24) is 19.9 Å². The van der Waals surface area contributed by atoms with E-state index < -0.39 is 0 Å². The first-order valence-corrected chi connectivity index (χ1v) is 7.86. The smallest absolute Gasteiger partial charge is 0.165 e. The summed E-state index contributed by atoms with van der Waals surface area (Å²) in [5.74, 6) is 0.775. The maximum absolute atomic E-state index is 9.91. The molecule has 26 heavy (non-hydrogen) atoms. The first-order valence-electron chi connectivity index (χ1n) is 7.86. The number of aromatic nitrogens is 4. The van der Waals surface area contributed by atoms with E-state index in [2.05, 4.69) is 19.9 Å². The summed E-state index contributed by atoms with van der Waals surface area (Å²) >= 11 is 0. The summed E-state index contributed by atoms with van der Waals surface area (Å²) in [5.41, 5.74) is 9.34. The second-order valence-corrected chi connectivity index (χ2v) is 5.72. The third-order valence-electron chi connectivity index (χ3n) is 3.98. The summed E-state index contributed by atoms with van der Waals surface area (Å²) in [6.07, 6.45) is 4.95. The Hall–Kier alpha value is -3.87. The van der Waals surface area contributed by atoms with E-state index >= 15 is 0 Å². The third-order valence-corrected chi connectivity index (χ3v) is 3.98. The standard InChI is InChI=1S/C19H15N5O2/c20-18-15(26)9-13(10-22-18)17-16(11-5-7-21-8-6-11)23-19(24-17)12-1-3-14(25)4-2-12/h1-10,25-26H,(H2,20,22)(H,23,24). The number of rotatable bonds is 3. The summed E-state index contributed by atoms with van der Waals surface area (Å²) in [4.78, 5) is 16.0. The molecule has 0 aliphatic carbocycles. The summed E-state index contributed by atoms with van der Waals surface area (Å²) in [5, 5.41) is 19.4. The molecule has 7 heteroatoms. The molecule has 0 aliphatic rings. The van der Waals surface area contributed by atoms with Gasteiger partial charge in [0.05, 0.1) is 11.4 Å². The van der Waals surface area contributed by atoms with Gasteiger partial charge in [-0.15, -0.1) is 0 Å². The van der Waals surface area contributed by atoms with Crippen molar-refractivity contribution in [3.05, 3.63) is 61.1 Å². The van der Waals surface area contributed by atoms with Crippen LogP contribution >= 0.6 is 0 Å². The maximum Gasteiger partial charge on any atom is 0.165 e. The van der Waals surface area contributed by atoms with Gasteiger partial charge in [-0.1, -0.05) is 0 Å². The lowest BCUT2D eigenvalue weighted by molar-refractivity contribution is 0.475. The molecule has 5 N–H and O–H groups in total. The highest BCUT2D eigenvalue weighted by Gasteiger charge is 2.16. The van der Waals surface area contributed by atoms with Gasteiger partial charge in [-0.2, -0.15) is 0 Å². The van der Waals surface area contributed by atoms with Crippen molar-refractivity contribution in [1.29, 1.82) is 0 Å². The summed E-state index contributed by atoms with van der Waals surface area (Å²) in [6, 6.07) is 12.0. The van der Waals surface area contributed by atoms with E-state index in [1.54, 1.807) is 42.9 Å². The number of nitrogens with zero attached hydrogens (tertiary/aromatic N) is 3. The van der Waals surface area contributed by atoms with E-state index in [0.29, 0.717) is 17.1 Å². The highest BCUT2D eigenvalue weighted by Crippen LogP contribution is 2.34. The average molecular weight is 345 g/mol. The largest absolute Gasteiger partial charge is 0.508 e. The van der Waals surface area contributed by atoms with Gasteiger partial charge < -0.3 is 20.9 Å². The van der Waals surface area contributed by atoms with Crippen LogP contribution in [0, 0.1) is 0 Å². The molecular formula is C19H15N5O2. The zero-order valence-electron chi connectivity index (χ0n) is 13.6. The zero-order valence-corrected chi connectivity index (χ0v) is 13.6. The minimum atomic E-state index is -0.0997. The molecule has 128 valence electrons. The van der Waals surface area contributed by atoms with Gasteiger partial charge in [0.25, 0.3) is 0 Å². The van der Waals surface area contributed by atoms with E-state index in [1.165, 1.54) is 6.07 Å². The molecule has 0 bridgehead atoms. The van der Waals surface area contributed by atoms with E-state index in [1.807, 2.05) is 12.1 Å². The van der Waals surface area contributed by atoms with Crippen molar-refractivity contribution >= 4 is 5.82 Å². The van der Waals surface area contributed by atoms with Gasteiger partial charge in [0.15, 0.2) is 11.6 Å². The van der Waals surface area contributed by atoms with Crippen molar-refractivity contribution in [3.63, 3.8) is 0 Å². The average Bonchev–Trinajstić information content (AvgIpc) is 3.11. The minimum absolute atomic E-state index is 0.0634. The van der Waals surface area contributed by atoms with Gasteiger partial charge in [0.1, 0.15) is 11.6 Å². The Balaban J connectivity index is 1.90. The molecule has 0 aliphatic heterocycles. The fraction of sp³-hybridized carbons (Fsp3) is 0. The van der Waals surface area contributed by atoms with E-state index in [-0.39, 0.29) is 17.3 Å². The predicted molar refractivity (Wildman–Crippen MR) is 98.2 cm³/mol. The van der Waals surface area contributed by atoms with Crippen molar-refractivity contribution in [2.75, 3.05) is 5.73 Å². The van der Waals surface area contributed by atoms with Gasteiger partial charge in [-0.25, -0.2) is 9.97 Å². The quantitative estimate of drug-likeness (QED) is 0.452. The molecule has 3 heterocycles. The van der Waals surface area contributed by atoms with Crippen LogP contribution in [0.3, 0.4) is 0 Å². The molecule has 0 saturated heterocycles. The normalized spacial score (nSPS) is 10.8. The number of H-pyrrole nitrogens is 1. The molecule has 4 rings (SSSR count). The number of benzene rings is 1. The lowest BCUT2D eigenvalue weighted by atomic mass is 10.1. The Morgan fingerprint density at radius 2 is 1.62 bits per heavy atom. The van der Waals surface area contributed by atoms with Crippen molar-refractivity contribution in [2.45, 2.75) is 0 Å². The number of phenols is 1. The SMILES string of the molecule is Nc1ncc(-c2nc(-c3ccc(O)cc3)[nH]c2-c2ccncc2)cc1O. The molecule has 0 radical (unpaired) electrons.